The first-order valence-electron chi connectivity index (χ1n) is 10.1. The molecular formula is C20H27FN8OS. The van der Waals surface area contributed by atoms with Crippen LogP contribution >= 0.6 is 11.8 Å². The number of ether oxygens (including phenoxy) is 1. The Morgan fingerprint density at radius 2 is 2.19 bits per heavy atom. The Bertz CT molecular complexity index is 909. The lowest BCUT2D eigenvalue weighted by molar-refractivity contribution is 0.273. The third kappa shape index (κ3) is 6.49. The van der Waals surface area contributed by atoms with E-state index in [1.54, 1.807) is 11.8 Å². The molecule has 0 aromatic carbocycles. The number of hydrogen-bond acceptors (Lipinski definition) is 9. The van der Waals surface area contributed by atoms with E-state index in [0.29, 0.717) is 19.1 Å². The average Bonchev–Trinajstić information content (AvgIpc) is 3.11. The van der Waals surface area contributed by atoms with Crippen molar-refractivity contribution in [3.8, 4) is 18.7 Å². The van der Waals surface area contributed by atoms with Crippen molar-refractivity contribution in [2.24, 2.45) is 11.0 Å². The number of nitrogens with one attached hydrogen (secondary N) is 2. The van der Waals surface area contributed by atoms with Crippen LogP contribution in [0.15, 0.2) is 17.4 Å². The first-order valence-corrected chi connectivity index (χ1v) is 11.0. The van der Waals surface area contributed by atoms with Crippen LogP contribution in [0, 0.1) is 24.6 Å². The molecule has 2 aromatic rings. The van der Waals surface area contributed by atoms with Crippen LogP contribution in [0.5, 0.6) is 5.88 Å². The van der Waals surface area contributed by atoms with Gasteiger partial charge >= 0.3 is 0 Å². The summed E-state index contributed by atoms with van der Waals surface area (Å²) < 4.78 is 21.7. The fraction of sp³-hybridized carbons (Fsp3) is 0.500. The molecule has 4 N–H and O–H groups in total. The molecule has 1 unspecified atom stereocenters. The normalized spacial score (nSPS) is 18.5. The molecule has 1 atom stereocenters. The standard InChI is InChI=1S/C12H17FN6OS.C6H8N2.C2H2/c1-6-18-19-8(21-6)4-15-10-9(13)11(17-12(14)16-10)20-5-7-2-3-7;1-2-6-3-4-7-8(6)5-1;1-2/h6-7,18H,2-5H2,1H3,(H3,14,15,16,17);3-4H,1-2,5H2;1-2H. The Balaban J connectivity index is 0.000000225. The second kappa shape index (κ2) is 10.9. The zero-order valence-electron chi connectivity index (χ0n) is 17.4. The highest BCUT2D eigenvalue weighted by atomic mass is 32.2. The number of hydrogen-bond donors (Lipinski definition) is 3. The van der Waals surface area contributed by atoms with Crippen molar-refractivity contribution >= 4 is 28.6 Å². The van der Waals surface area contributed by atoms with E-state index < -0.39 is 5.82 Å². The Hall–Kier alpha value is -3.00. The summed E-state index contributed by atoms with van der Waals surface area (Å²) in [7, 11) is 0. The molecule has 11 heteroatoms. The Labute approximate surface area is 185 Å². The number of nitrogen functional groups attached to an aromatic ring is 1. The van der Waals surface area contributed by atoms with Crippen LogP contribution in [0.4, 0.5) is 16.2 Å². The topological polar surface area (TPSA) is 115 Å². The number of rotatable bonds is 6. The number of aromatic nitrogens is 4. The zero-order chi connectivity index (χ0) is 22.2. The highest BCUT2D eigenvalue weighted by Crippen LogP contribution is 2.30. The van der Waals surface area contributed by atoms with Crippen molar-refractivity contribution in [3.63, 3.8) is 0 Å². The summed E-state index contributed by atoms with van der Waals surface area (Å²) in [6.07, 6.45) is 14.6. The van der Waals surface area contributed by atoms with Gasteiger partial charge in [0.2, 0.25) is 11.8 Å². The van der Waals surface area contributed by atoms with Gasteiger partial charge in [-0.3, -0.25) is 10.1 Å². The third-order valence-corrected chi connectivity index (χ3v) is 5.66. The van der Waals surface area contributed by atoms with Gasteiger partial charge in [-0.25, -0.2) is 0 Å². The van der Waals surface area contributed by atoms with E-state index in [9.17, 15) is 4.39 Å². The van der Waals surface area contributed by atoms with E-state index in [1.165, 1.54) is 18.5 Å². The summed E-state index contributed by atoms with van der Waals surface area (Å²) in [6.45, 7) is 3.96. The third-order valence-electron chi connectivity index (χ3n) is 4.69. The fourth-order valence-electron chi connectivity index (χ4n) is 2.98. The second-order valence-electron chi connectivity index (χ2n) is 7.20. The summed E-state index contributed by atoms with van der Waals surface area (Å²) in [6, 6.07) is 2.09. The van der Waals surface area contributed by atoms with Gasteiger partial charge < -0.3 is 15.8 Å². The highest BCUT2D eigenvalue weighted by Gasteiger charge is 2.24. The van der Waals surface area contributed by atoms with Gasteiger partial charge in [0.25, 0.3) is 5.88 Å². The van der Waals surface area contributed by atoms with Crippen molar-refractivity contribution in [1.29, 1.82) is 0 Å². The molecule has 5 rings (SSSR count). The van der Waals surface area contributed by atoms with E-state index in [2.05, 4.69) is 54.5 Å². The summed E-state index contributed by atoms with van der Waals surface area (Å²) in [4.78, 5) is 7.68. The molecule has 31 heavy (non-hydrogen) atoms. The molecule has 166 valence electrons. The van der Waals surface area contributed by atoms with Crippen molar-refractivity contribution < 1.29 is 9.13 Å². The number of hydrazone groups is 1. The number of thioether (sulfide) groups is 1. The molecule has 3 aliphatic rings. The molecular weight excluding hydrogens is 419 g/mol. The van der Waals surface area contributed by atoms with Crippen LogP contribution in [0.1, 0.15) is 31.9 Å². The Morgan fingerprint density at radius 1 is 1.39 bits per heavy atom. The van der Waals surface area contributed by atoms with Crippen LogP contribution in [0.2, 0.25) is 0 Å². The van der Waals surface area contributed by atoms with Gasteiger partial charge in [0.1, 0.15) is 5.04 Å². The lowest BCUT2D eigenvalue weighted by Gasteiger charge is -2.10. The van der Waals surface area contributed by atoms with Gasteiger partial charge in [-0.2, -0.15) is 24.6 Å². The number of anilines is 2. The number of fused-ring (bicyclic) bond motifs is 1. The van der Waals surface area contributed by atoms with Crippen molar-refractivity contribution in [2.75, 3.05) is 24.2 Å². The van der Waals surface area contributed by atoms with Crippen molar-refractivity contribution in [2.45, 2.75) is 44.5 Å². The largest absolute Gasteiger partial charge is 0.475 e. The maximum absolute atomic E-state index is 14.2. The van der Waals surface area contributed by atoms with Gasteiger partial charge in [0, 0.05) is 18.4 Å². The predicted molar refractivity (Wildman–Crippen MR) is 121 cm³/mol. The van der Waals surface area contributed by atoms with Crippen LogP contribution in [0.3, 0.4) is 0 Å². The van der Waals surface area contributed by atoms with Crippen LogP contribution in [-0.2, 0) is 13.0 Å². The molecule has 2 aromatic heterocycles. The maximum Gasteiger partial charge on any atom is 0.257 e. The van der Waals surface area contributed by atoms with Crippen LogP contribution in [-0.4, -0.2) is 43.3 Å². The molecule has 1 fully saturated rings. The minimum absolute atomic E-state index is 0.0165. The van der Waals surface area contributed by atoms with E-state index in [4.69, 9.17) is 10.5 Å². The number of nitrogens with two attached hydrogens (primary N) is 1. The van der Waals surface area contributed by atoms with E-state index >= 15 is 0 Å². The summed E-state index contributed by atoms with van der Waals surface area (Å²) in [5, 5.41) is 12.2. The van der Waals surface area contributed by atoms with E-state index in [-0.39, 0.29) is 23.0 Å². The fourth-order valence-corrected chi connectivity index (χ4v) is 3.76. The van der Waals surface area contributed by atoms with Crippen molar-refractivity contribution in [1.82, 2.24) is 25.2 Å². The van der Waals surface area contributed by atoms with Gasteiger partial charge in [-0.1, -0.05) is 11.8 Å². The van der Waals surface area contributed by atoms with Crippen LogP contribution in [0.25, 0.3) is 0 Å². The SMILES string of the molecule is C#C.CC1NN=C(CNc2nc(N)nc(OCC3CC3)c2F)S1.c1cc2n(n1)CCC2. The lowest BCUT2D eigenvalue weighted by atomic mass is 10.3. The molecule has 0 amide bonds. The van der Waals surface area contributed by atoms with Gasteiger partial charge in [-0.15, -0.1) is 12.8 Å². The predicted octanol–water partition coefficient (Wildman–Crippen LogP) is 2.47. The van der Waals surface area contributed by atoms with Gasteiger partial charge in [-0.05, 0) is 44.6 Å². The molecule has 0 saturated heterocycles. The monoisotopic (exact) mass is 446 g/mol. The van der Waals surface area contributed by atoms with E-state index in [0.717, 1.165) is 24.4 Å². The van der Waals surface area contributed by atoms with Gasteiger partial charge in [0.15, 0.2) is 5.82 Å². The second-order valence-corrected chi connectivity index (χ2v) is 8.62. The molecule has 0 radical (unpaired) electrons. The molecule has 9 nitrogen and oxygen atoms in total. The minimum Gasteiger partial charge on any atom is -0.475 e. The first kappa shape index (κ1) is 22.7. The lowest BCUT2D eigenvalue weighted by Crippen LogP contribution is -2.15. The zero-order valence-corrected chi connectivity index (χ0v) is 18.2. The summed E-state index contributed by atoms with van der Waals surface area (Å²) in [5.74, 6) is -0.180. The molecule has 1 saturated carbocycles. The quantitative estimate of drug-likeness (QED) is 0.580. The molecule has 1 aliphatic carbocycles. The Morgan fingerprint density at radius 3 is 2.87 bits per heavy atom. The summed E-state index contributed by atoms with van der Waals surface area (Å²) in [5.41, 5.74) is 9.91. The maximum atomic E-state index is 14.2. The molecule has 4 heterocycles. The average molecular weight is 447 g/mol. The number of nitrogens with zero attached hydrogens (tertiary/aromatic N) is 5. The number of aryl methyl sites for hydroxylation is 2. The molecule has 2 aliphatic heterocycles. The summed E-state index contributed by atoms with van der Waals surface area (Å²) >= 11 is 1.57. The van der Waals surface area contributed by atoms with Crippen LogP contribution < -0.4 is 21.2 Å². The smallest absolute Gasteiger partial charge is 0.257 e. The van der Waals surface area contributed by atoms with Gasteiger partial charge in [0.05, 0.1) is 18.5 Å². The minimum atomic E-state index is -0.616. The molecule has 0 bridgehead atoms. The van der Waals surface area contributed by atoms with E-state index in [1.807, 2.05) is 13.1 Å². The van der Waals surface area contributed by atoms with Crippen molar-refractivity contribution in [3.05, 3.63) is 23.8 Å². The number of halogens is 1. The highest BCUT2D eigenvalue weighted by molar-refractivity contribution is 8.14. The Kier molecular flexibility index (Phi) is 7.94. The molecule has 0 spiro atoms. The number of terminal acetylenes is 1. The first-order chi connectivity index (χ1) is 15.1.